The van der Waals surface area contributed by atoms with Crippen LogP contribution in [0, 0.1) is 6.92 Å². The molecule has 1 atom stereocenters. The highest BCUT2D eigenvalue weighted by Gasteiger charge is 2.17. The van der Waals surface area contributed by atoms with E-state index >= 15 is 0 Å². The van der Waals surface area contributed by atoms with Gasteiger partial charge in [-0.15, -0.1) is 0 Å². The molecular formula is C18H25N3. The molecule has 2 rings (SSSR count). The first-order valence-electron chi connectivity index (χ1n) is 7.77. The minimum Gasteiger partial charge on any atom is -0.289 e. The van der Waals surface area contributed by atoms with Gasteiger partial charge in [-0.3, -0.25) is 14.9 Å². The lowest BCUT2D eigenvalue weighted by Gasteiger charge is -2.28. The maximum atomic E-state index is 4.54. The van der Waals surface area contributed by atoms with Crippen molar-refractivity contribution in [3.05, 3.63) is 59.7 Å². The first-order chi connectivity index (χ1) is 10.2. The van der Waals surface area contributed by atoms with E-state index in [1.807, 2.05) is 24.5 Å². The molecule has 3 heteroatoms. The van der Waals surface area contributed by atoms with Crippen molar-refractivity contribution in [3.8, 4) is 0 Å². The van der Waals surface area contributed by atoms with Gasteiger partial charge >= 0.3 is 0 Å². The number of unbranched alkanes of at least 4 members (excludes halogenated alkanes) is 1. The molecule has 112 valence electrons. The summed E-state index contributed by atoms with van der Waals surface area (Å²) in [6.07, 6.45) is 6.15. The topological polar surface area (TPSA) is 29.0 Å². The van der Waals surface area contributed by atoms with E-state index in [0.717, 1.165) is 24.5 Å². The molecule has 0 amide bonds. The van der Waals surface area contributed by atoms with Gasteiger partial charge in [-0.2, -0.15) is 0 Å². The van der Waals surface area contributed by atoms with E-state index in [1.165, 1.54) is 18.4 Å². The number of pyridine rings is 2. The highest BCUT2D eigenvalue weighted by atomic mass is 15.2. The van der Waals surface area contributed by atoms with Gasteiger partial charge in [0.15, 0.2) is 0 Å². The Kier molecular flexibility index (Phi) is 5.88. The third-order valence-corrected chi connectivity index (χ3v) is 3.93. The van der Waals surface area contributed by atoms with E-state index in [1.54, 1.807) is 0 Å². The second kappa shape index (κ2) is 7.89. The summed E-state index contributed by atoms with van der Waals surface area (Å²) in [4.78, 5) is 11.5. The van der Waals surface area contributed by atoms with E-state index in [-0.39, 0.29) is 0 Å². The Balaban J connectivity index is 2.16. The van der Waals surface area contributed by atoms with Crippen LogP contribution in [-0.4, -0.2) is 21.4 Å². The first kappa shape index (κ1) is 15.6. The van der Waals surface area contributed by atoms with Gasteiger partial charge in [-0.25, -0.2) is 0 Å². The van der Waals surface area contributed by atoms with Crippen molar-refractivity contribution in [2.75, 3.05) is 6.54 Å². The van der Waals surface area contributed by atoms with Crippen molar-refractivity contribution >= 4 is 0 Å². The third-order valence-electron chi connectivity index (χ3n) is 3.93. The lowest BCUT2D eigenvalue weighted by atomic mass is 10.1. The zero-order valence-electron chi connectivity index (χ0n) is 13.3. The molecule has 2 aromatic heterocycles. The second-order valence-corrected chi connectivity index (χ2v) is 5.52. The smallest absolute Gasteiger partial charge is 0.0573 e. The predicted molar refractivity (Wildman–Crippen MR) is 86.9 cm³/mol. The van der Waals surface area contributed by atoms with Crippen LogP contribution in [0.5, 0.6) is 0 Å². The standard InChI is InChI=1S/C18H25N3/c1-4-5-13-21(14-18-15(2)9-8-12-20-18)16(3)17-10-6-7-11-19-17/h6-12,16H,4-5,13-14H2,1-3H3. The lowest BCUT2D eigenvalue weighted by Crippen LogP contribution is -2.29. The molecule has 0 aliphatic rings. The number of rotatable bonds is 7. The van der Waals surface area contributed by atoms with Crippen LogP contribution in [0.15, 0.2) is 42.7 Å². The van der Waals surface area contributed by atoms with Crippen LogP contribution in [0.3, 0.4) is 0 Å². The molecule has 3 nitrogen and oxygen atoms in total. The van der Waals surface area contributed by atoms with Crippen LogP contribution in [-0.2, 0) is 6.54 Å². The molecule has 0 spiro atoms. The molecule has 0 aromatic carbocycles. The Morgan fingerprint density at radius 2 is 1.90 bits per heavy atom. The molecule has 0 bridgehead atoms. The fourth-order valence-electron chi connectivity index (χ4n) is 2.46. The summed E-state index contributed by atoms with van der Waals surface area (Å²) < 4.78 is 0. The van der Waals surface area contributed by atoms with E-state index in [4.69, 9.17) is 0 Å². The van der Waals surface area contributed by atoms with Crippen LogP contribution in [0.2, 0.25) is 0 Å². The second-order valence-electron chi connectivity index (χ2n) is 5.52. The van der Waals surface area contributed by atoms with Crippen molar-refractivity contribution in [2.24, 2.45) is 0 Å². The fraction of sp³-hybridized carbons (Fsp3) is 0.444. The zero-order valence-corrected chi connectivity index (χ0v) is 13.3. The quantitative estimate of drug-likeness (QED) is 0.764. The van der Waals surface area contributed by atoms with Gasteiger partial charge in [0, 0.05) is 25.0 Å². The minimum absolute atomic E-state index is 0.305. The summed E-state index contributed by atoms with van der Waals surface area (Å²) in [5, 5.41) is 0. The van der Waals surface area contributed by atoms with E-state index in [0.29, 0.717) is 6.04 Å². The number of aromatic nitrogens is 2. The van der Waals surface area contributed by atoms with Gasteiger partial charge in [0.1, 0.15) is 0 Å². The Labute approximate surface area is 128 Å². The third kappa shape index (κ3) is 4.36. The molecular weight excluding hydrogens is 258 g/mol. The highest BCUT2D eigenvalue weighted by Crippen LogP contribution is 2.21. The molecule has 0 aliphatic carbocycles. The van der Waals surface area contributed by atoms with Crippen LogP contribution < -0.4 is 0 Å². The van der Waals surface area contributed by atoms with Gasteiger partial charge in [-0.1, -0.05) is 25.5 Å². The first-order valence-corrected chi connectivity index (χ1v) is 7.77. The van der Waals surface area contributed by atoms with Crippen molar-refractivity contribution in [3.63, 3.8) is 0 Å². The van der Waals surface area contributed by atoms with Crippen molar-refractivity contribution in [1.82, 2.24) is 14.9 Å². The van der Waals surface area contributed by atoms with E-state index in [9.17, 15) is 0 Å². The summed E-state index contributed by atoms with van der Waals surface area (Å²) >= 11 is 0. The number of nitrogens with zero attached hydrogens (tertiary/aromatic N) is 3. The molecule has 0 N–H and O–H groups in total. The summed E-state index contributed by atoms with van der Waals surface area (Å²) in [7, 11) is 0. The van der Waals surface area contributed by atoms with Gasteiger partial charge in [0.05, 0.1) is 11.4 Å². The van der Waals surface area contributed by atoms with Gasteiger partial charge in [0.2, 0.25) is 0 Å². The maximum absolute atomic E-state index is 4.54. The van der Waals surface area contributed by atoms with Crippen LogP contribution >= 0.6 is 0 Å². The highest BCUT2D eigenvalue weighted by molar-refractivity contribution is 5.18. The molecule has 2 aromatic rings. The molecule has 0 fully saturated rings. The molecule has 0 saturated heterocycles. The SMILES string of the molecule is CCCCN(Cc1ncccc1C)C(C)c1ccccn1. The molecule has 0 saturated carbocycles. The van der Waals surface area contributed by atoms with Crippen LogP contribution in [0.25, 0.3) is 0 Å². The molecule has 1 unspecified atom stereocenters. The summed E-state index contributed by atoms with van der Waals surface area (Å²) in [5.74, 6) is 0. The minimum atomic E-state index is 0.305. The Hall–Kier alpha value is -1.74. The fourth-order valence-corrected chi connectivity index (χ4v) is 2.46. The Morgan fingerprint density at radius 3 is 2.57 bits per heavy atom. The normalized spacial score (nSPS) is 12.6. The van der Waals surface area contributed by atoms with Crippen LogP contribution in [0.4, 0.5) is 0 Å². The molecule has 0 aliphatic heterocycles. The Morgan fingerprint density at radius 1 is 1.10 bits per heavy atom. The Bertz CT molecular complexity index is 539. The van der Waals surface area contributed by atoms with Gasteiger partial charge < -0.3 is 0 Å². The number of hydrogen-bond donors (Lipinski definition) is 0. The lowest BCUT2D eigenvalue weighted by molar-refractivity contribution is 0.192. The molecule has 2 heterocycles. The van der Waals surface area contributed by atoms with E-state index < -0.39 is 0 Å². The number of aryl methyl sites for hydroxylation is 1. The maximum Gasteiger partial charge on any atom is 0.0573 e. The van der Waals surface area contributed by atoms with Crippen LogP contribution in [0.1, 0.15) is 49.7 Å². The number of hydrogen-bond acceptors (Lipinski definition) is 3. The predicted octanol–water partition coefficient (Wildman–Crippen LogP) is 4.15. The summed E-state index contributed by atoms with van der Waals surface area (Å²) in [6.45, 7) is 8.55. The van der Waals surface area contributed by atoms with Crippen molar-refractivity contribution in [1.29, 1.82) is 0 Å². The largest absolute Gasteiger partial charge is 0.289 e. The molecule has 0 radical (unpaired) electrons. The van der Waals surface area contributed by atoms with Crippen molar-refractivity contribution < 1.29 is 0 Å². The van der Waals surface area contributed by atoms with E-state index in [2.05, 4.69) is 53.8 Å². The molecule has 21 heavy (non-hydrogen) atoms. The van der Waals surface area contributed by atoms with Gasteiger partial charge in [0.25, 0.3) is 0 Å². The zero-order chi connectivity index (χ0) is 15.1. The average molecular weight is 283 g/mol. The van der Waals surface area contributed by atoms with Gasteiger partial charge in [-0.05, 0) is 50.6 Å². The summed E-state index contributed by atoms with van der Waals surface area (Å²) in [5.41, 5.74) is 3.55. The monoisotopic (exact) mass is 283 g/mol. The van der Waals surface area contributed by atoms with Crippen molar-refractivity contribution in [2.45, 2.75) is 46.2 Å². The average Bonchev–Trinajstić information content (AvgIpc) is 2.53. The summed E-state index contributed by atoms with van der Waals surface area (Å²) in [6, 6.07) is 10.6.